The zero-order valence-corrected chi connectivity index (χ0v) is 16.5. The Labute approximate surface area is 159 Å². The van der Waals surface area contributed by atoms with Crippen LogP contribution in [-0.4, -0.2) is 53.2 Å². The smallest absolute Gasteiger partial charge is 0.232 e. The molecule has 7 heteroatoms. The lowest BCUT2D eigenvalue weighted by Gasteiger charge is -2.32. The van der Waals surface area contributed by atoms with Gasteiger partial charge in [0.1, 0.15) is 5.82 Å². The topological polar surface area (TPSA) is 61.0 Å². The van der Waals surface area contributed by atoms with Crippen molar-refractivity contribution in [3.63, 3.8) is 0 Å². The maximum Gasteiger partial charge on any atom is 0.232 e. The van der Waals surface area contributed by atoms with E-state index in [4.69, 9.17) is 0 Å². The summed E-state index contributed by atoms with van der Waals surface area (Å²) in [6, 6.07) is 8.03. The molecule has 3 rings (SSSR count). The van der Waals surface area contributed by atoms with Crippen LogP contribution in [0, 0.1) is 5.92 Å². The van der Waals surface area contributed by atoms with Crippen LogP contribution in [-0.2, 0) is 4.79 Å². The summed E-state index contributed by atoms with van der Waals surface area (Å²) in [6.07, 6.45) is 2.22. The fraction of sp³-hybridized carbons (Fsp3) is 0.556. The molecule has 1 unspecified atom stereocenters. The molecule has 1 aromatic heterocycles. The van der Waals surface area contributed by atoms with Gasteiger partial charge in [-0.15, -0.1) is 24.2 Å². The number of nitrogens with zero attached hydrogens (tertiary/aromatic N) is 2. The lowest BCUT2D eigenvalue weighted by Crippen LogP contribution is -2.41. The first-order valence-electron chi connectivity index (χ1n) is 8.66. The molecule has 1 amide bonds. The minimum absolute atomic E-state index is 0. The van der Waals surface area contributed by atoms with E-state index in [1.54, 1.807) is 11.8 Å². The summed E-state index contributed by atoms with van der Waals surface area (Å²) in [6.45, 7) is 4.95. The number of thioether (sulfide) groups is 1. The second kappa shape index (κ2) is 9.46. The van der Waals surface area contributed by atoms with Gasteiger partial charge in [0.15, 0.2) is 0 Å². The number of piperidine rings is 1. The summed E-state index contributed by atoms with van der Waals surface area (Å²) >= 11 is 1.66. The zero-order valence-electron chi connectivity index (χ0n) is 14.8. The fourth-order valence-corrected chi connectivity index (χ4v) is 4.05. The average Bonchev–Trinajstić information content (AvgIpc) is 3.04. The SMILES string of the molecule is CNCC1CCN(C(=O)CSC(C)c2nc3ccccc3[nH]2)CC1.Cl. The molecule has 1 atom stereocenters. The van der Waals surface area contributed by atoms with Gasteiger partial charge in [0.05, 0.1) is 22.0 Å². The molecule has 1 aliphatic rings. The molecule has 2 aromatic rings. The number of carbonyl (C=O) groups excluding carboxylic acids is 1. The highest BCUT2D eigenvalue weighted by Crippen LogP contribution is 2.28. The van der Waals surface area contributed by atoms with E-state index < -0.39 is 0 Å². The van der Waals surface area contributed by atoms with Crippen LogP contribution in [0.15, 0.2) is 24.3 Å². The van der Waals surface area contributed by atoms with Crippen molar-refractivity contribution in [1.29, 1.82) is 0 Å². The van der Waals surface area contributed by atoms with Gasteiger partial charge in [0.2, 0.25) is 5.91 Å². The van der Waals surface area contributed by atoms with E-state index in [2.05, 4.69) is 22.2 Å². The van der Waals surface area contributed by atoms with Crippen LogP contribution in [0.4, 0.5) is 0 Å². The molecule has 0 aliphatic carbocycles. The van der Waals surface area contributed by atoms with Crippen LogP contribution in [0.1, 0.15) is 30.8 Å². The van der Waals surface area contributed by atoms with Crippen LogP contribution < -0.4 is 5.32 Å². The van der Waals surface area contributed by atoms with Gasteiger partial charge in [0, 0.05) is 13.1 Å². The Morgan fingerprint density at radius 3 is 2.80 bits per heavy atom. The number of rotatable bonds is 6. The normalized spacial score (nSPS) is 16.6. The summed E-state index contributed by atoms with van der Waals surface area (Å²) < 4.78 is 0. The molecule has 0 bridgehead atoms. The number of likely N-dealkylation sites (tertiary alicyclic amines) is 1. The number of benzene rings is 1. The number of hydrogen-bond donors (Lipinski definition) is 2. The van der Waals surface area contributed by atoms with Gasteiger partial charge >= 0.3 is 0 Å². The molecular formula is C18H27ClN4OS. The standard InChI is InChI=1S/C18H26N4OS.ClH/c1-13(18-20-15-5-3-4-6-16(15)21-18)24-12-17(23)22-9-7-14(8-10-22)11-19-2;/h3-6,13-14,19H,7-12H2,1-2H3,(H,20,21);1H. The molecule has 2 N–H and O–H groups in total. The highest BCUT2D eigenvalue weighted by atomic mass is 35.5. The van der Waals surface area contributed by atoms with E-state index in [1.807, 2.05) is 36.2 Å². The predicted molar refractivity (Wildman–Crippen MR) is 107 cm³/mol. The Balaban J connectivity index is 0.00000225. The lowest BCUT2D eigenvalue weighted by molar-refractivity contribution is -0.129. The van der Waals surface area contributed by atoms with Gasteiger partial charge in [-0.05, 0) is 51.4 Å². The number of aromatic nitrogens is 2. The summed E-state index contributed by atoms with van der Waals surface area (Å²) in [5.41, 5.74) is 2.04. The van der Waals surface area contributed by atoms with Crippen LogP contribution >= 0.6 is 24.2 Å². The van der Waals surface area contributed by atoms with Crippen molar-refractivity contribution in [3.8, 4) is 0 Å². The third kappa shape index (κ3) is 5.12. The minimum Gasteiger partial charge on any atom is -0.342 e. The highest BCUT2D eigenvalue weighted by molar-refractivity contribution is 8.00. The third-order valence-electron chi connectivity index (χ3n) is 4.71. The van der Waals surface area contributed by atoms with Crippen molar-refractivity contribution in [2.75, 3.05) is 32.4 Å². The number of amides is 1. The average molecular weight is 383 g/mol. The predicted octanol–water partition coefficient (Wildman–Crippen LogP) is 3.24. The molecule has 0 spiro atoms. The monoisotopic (exact) mass is 382 g/mol. The van der Waals surface area contributed by atoms with Gasteiger partial charge in [-0.2, -0.15) is 0 Å². The minimum atomic E-state index is 0. The van der Waals surface area contributed by atoms with Crippen molar-refractivity contribution in [2.24, 2.45) is 5.92 Å². The molecule has 5 nitrogen and oxygen atoms in total. The van der Waals surface area contributed by atoms with Crippen molar-refractivity contribution in [1.82, 2.24) is 20.2 Å². The first-order valence-corrected chi connectivity index (χ1v) is 9.71. The maximum atomic E-state index is 12.4. The molecule has 1 aromatic carbocycles. The van der Waals surface area contributed by atoms with Crippen LogP contribution in [0.5, 0.6) is 0 Å². The number of fused-ring (bicyclic) bond motifs is 1. The van der Waals surface area contributed by atoms with Gasteiger partial charge in [0.25, 0.3) is 0 Å². The van der Waals surface area contributed by atoms with Crippen molar-refractivity contribution in [3.05, 3.63) is 30.1 Å². The van der Waals surface area contributed by atoms with Crippen LogP contribution in [0.2, 0.25) is 0 Å². The summed E-state index contributed by atoms with van der Waals surface area (Å²) in [5, 5.41) is 3.42. The number of hydrogen-bond acceptors (Lipinski definition) is 4. The first kappa shape index (κ1) is 20.1. The van der Waals surface area contributed by atoms with Gasteiger partial charge in [-0.3, -0.25) is 4.79 Å². The number of aromatic amines is 1. The Kier molecular flexibility index (Phi) is 7.59. The Morgan fingerprint density at radius 1 is 1.40 bits per heavy atom. The highest BCUT2D eigenvalue weighted by Gasteiger charge is 2.23. The number of halogens is 1. The van der Waals surface area contributed by atoms with E-state index >= 15 is 0 Å². The zero-order chi connectivity index (χ0) is 16.9. The Bertz CT molecular complexity index is 652. The summed E-state index contributed by atoms with van der Waals surface area (Å²) in [7, 11) is 1.99. The summed E-state index contributed by atoms with van der Waals surface area (Å²) in [4.78, 5) is 22.4. The van der Waals surface area contributed by atoms with Crippen molar-refractivity contribution < 1.29 is 4.79 Å². The molecule has 1 saturated heterocycles. The Hall–Kier alpha value is -1.24. The fourth-order valence-electron chi connectivity index (χ4n) is 3.21. The Morgan fingerprint density at radius 2 is 2.12 bits per heavy atom. The second-order valence-corrected chi connectivity index (χ2v) is 7.80. The number of imidazole rings is 1. The molecule has 25 heavy (non-hydrogen) atoms. The van der Waals surface area contributed by atoms with Crippen LogP contribution in [0.3, 0.4) is 0 Å². The van der Waals surface area contributed by atoms with E-state index in [0.717, 1.165) is 49.3 Å². The number of H-pyrrole nitrogens is 1. The molecule has 138 valence electrons. The van der Waals surface area contributed by atoms with Crippen molar-refractivity contribution >= 4 is 41.1 Å². The van der Waals surface area contributed by atoms with E-state index in [9.17, 15) is 4.79 Å². The quantitative estimate of drug-likeness (QED) is 0.805. The number of para-hydroxylation sites is 2. The molecule has 0 saturated carbocycles. The van der Waals surface area contributed by atoms with E-state index in [0.29, 0.717) is 11.7 Å². The largest absolute Gasteiger partial charge is 0.342 e. The maximum absolute atomic E-state index is 12.4. The summed E-state index contributed by atoms with van der Waals surface area (Å²) in [5.74, 6) is 2.43. The molecular weight excluding hydrogens is 356 g/mol. The molecule has 0 radical (unpaired) electrons. The third-order valence-corrected chi connectivity index (χ3v) is 5.85. The number of carbonyl (C=O) groups is 1. The van der Waals surface area contributed by atoms with Crippen molar-refractivity contribution in [2.45, 2.75) is 25.0 Å². The molecule has 2 heterocycles. The lowest BCUT2D eigenvalue weighted by atomic mass is 9.97. The van der Waals surface area contributed by atoms with E-state index in [1.165, 1.54) is 0 Å². The number of nitrogens with one attached hydrogen (secondary N) is 2. The molecule has 1 fully saturated rings. The van der Waals surface area contributed by atoms with Gasteiger partial charge in [-0.25, -0.2) is 4.98 Å². The van der Waals surface area contributed by atoms with Gasteiger partial charge < -0.3 is 15.2 Å². The van der Waals surface area contributed by atoms with E-state index in [-0.39, 0.29) is 23.6 Å². The second-order valence-electron chi connectivity index (χ2n) is 6.47. The first-order chi connectivity index (χ1) is 11.7. The molecule has 1 aliphatic heterocycles. The van der Waals surface area contributed by atoms with Crippen LogP contribution in [0.25, 0.3) is 11.0 Å². The van der Waals surface area contributed by atoms with Gasteiger partial charge in [-0.1, -0.05) is 12.1 Å².